The maximum absolute atomic E-state index is 6.20. The van der Waals surface area contributed by atoms with Crippen LogP contribution in [-0.4, -0.2) is 6.04 Å². The van der Waals surface area contributed by atoms with Crippen LogP contribution in [0.4, 0.5) is 0 Å². The molecule has 1 unspecified atom stereocenters. The molecular formula is C17H20BrN. The van der Waals surface area contributed by atoms with Gasteiger partial charge in [-0.1, -0.05) is 58.4 Å². The third-order valence-corrected chi connectivity index (χ3v) is 3.82. The van der Waals surface area contributed by atoms with Crippen molar-refractivity contribution in [3.63, 3.8) is 0 Å². The SMILES string of the molecule is NC(CCCc1ccccc1)Cc1ccc(Br)cc1. The fourth-order valence-electron chi connectivity index (χ4n) is 2.24. The molecule has 0 radical (unpaired) electrons. The van der Waals surface area contributed by atoms with E-state index in [2.05, 4.69) is 70.5 Å². The summed E-state index contributed by atoms with van der Waals surface area (Å²) in [5.74, 6) is 0. The van der Waals surface area contributed by atoms with Crippen molar-refractivity contribution in [2.45, 2.75) is 31.7 Å². The number of halogens is 1. The van der Waals surface area contributed by atoms with Crippen molar-refractivity contribution in [3.05, 3.63) is 70.2 Å². The molecule has 2 rings (SSSR count). The van der Waals surface area contributed by atoms with Crippen molar-refractivity contribution in [1.82, 2.24) is 0 Å². The average molecular weight is 318 g/mol. The van der Waals surface area contributed by atoms with Crippen molar-refractivity contribution >= 4 is 15.9 Å². The van der Waals surface area contributed by atoms with Crippen LogP contribution in [0, 0.1) is 0 Å². The van der Waals surface area contributed by atoms with Gasteiger partial charge in [0.2, 0.25) is 0 Å². The van der Waals surface area contributed by atoms with E-state index in [0.29, 0.717) is 0 Å². The molecular weight excluding hydrogens is 298 g/mol. The summed E-state index contributed by atoms with van der Waals surface area (Å²) in [6, 6.07) is 19.3. The van der Waals surface area contributed by atoms with Crippen LogP contribution >= 0.6 is 15.9 Å². The van der Waals surface area contributed by atoms with Gasteiger partial charge in [-0.25, -0.2) is 0 Å². The van der Waals surface area contributed by atoms with Crippen LogP contribution in [0.2, 0.25) is 0 Å². The maximum Gasteiger partial charge on any atom is 0.0175 e. The highest BCUT2D eigenvalue weighted by Gasteiger charge is 2.04. The Hall–Kier alpha value is -1.12. The Kier molecular flexibility index (Phi) is 5.62. The Bertz CT molecular complexity index is 478. The second-order valence-electron chi connectivity index (χ2n) is 4.97. The highest BCUT2D eigenvalue weighted by atomic mass is 79.9. The first-order valence-corrected chi connectivity index (χ1v) is 7.57. The second kappa shape index (κ2) is 7.46. The molecule has 0 aliphatic heterocycles. The second-order valence-corrected chi connectivity index (χ2v) is 5.88. The molecule has 0 bridgehead atoms. The van der Waals surface area contributed by atoms with Crippen LogP contribution in [-0.2, 0) is 12.8 Å². The van der Waals surface area contributed by atoms with Crippen molar-refractivity contribution in [2.24, 2.45) is 5.73 Å². The van der Waals surface area contributed by atoms with Gasteiger partial charge in [-0.3, -0.25) is 0 Å². The predicted octanol–water partition coefficient (Wildman–Crippen LogP) is 4.34. The first-order chi connectivity index (χ1) is 9.24. The van der Waals surface area contributed by atoms with Crippen LogP contribution in [0.25, 0.3) is 0 Å². The predicted molar refractivity (Wildman–Crippen MR) is 85.2 cm³/mol. The number of rotatable bonds is 6. The maximum atomic E-state index is 6.20. The van der Waals surface area contributed by atoms with Crippen LogP contribution in [0.15, 0.2) is 59.1 Å². The smallest absolute Gasteiger partial charge is 0.0175 e. The first-order valence-electron chi connectivity index (χ1n) is 6.78. The van der Waals surface area contributed by atoms with Gasteiger partial charge >= 0.3 is 0 Å². The first kappa shape index (κ1) is 14.3. The Labute approximate surface area is 124 Å². The normalized spacial score (nSPS) is 12.3. The summed E-state index contributed by atoms with van der Waals surface area (Å²) in [4.78, 5) is 0. The summed E-state index contributed by atoms with van der Waals surface area (Å²) in [7, 11) is 0. The molecule has 0 amide bonds. The lowest BCUT2D eigenvalue weighted by molar-refractivity contribution is 0.580. The molecule has 0 fully saturated rings. The van der Waals surface area contributed by atoms with E-state index in [-0.39, 0.29) is 6.04 Å². The van der Waals surface area contributed by atoms with Crippen LogP contribution < -0.4 is 5.73 Å². The molecule has 0 aliphatic rings. The largest absolute Gasteiger partial charge is 0.327 e. The van der Waals surface area contributed by atoms with Crippen molar-refractivity contribution in [2.75, 3.05) is 0 Å². The summed E-state index contributed by atoms with van der Waals surface area (Å²) >= 11 is 3.45. The summed E-state index contributed by atoms with van der Waals surface area (Å²) < 4.78 is 1.12. The van der Waals surface area contributed by atoms with Gasteiger partial charge < -0.3 is 5.73 Å². The molecule has 19 heavy (non-hydrogen) atoms. The molecule has 1 atom stereocenters. The zero-order valence-corrected chi connectivity index (χ0v) is 12.6. The summed E-state index contributed by atoms with van der Waals surface area (Å²) in [5.41, 5.74) is 8.91. The third kappa shape index (κ3) is 5.17. The molecule has 100 valence electrons. The third-order valence-electron chi connectivity index (χ3n) is 3.29. The lowest BCUT2D eigenvalue weighted by Gasteiger charge is -2.11. The van der Waals surface area contributed by atoms with Crippen LogP contribution in [0.5, 0.6) is 0 Å². The molecule has 2 heteroatoms. The minimum atomic E-state index is 0.255. The van der Waals surface area contributed by atoms with Crippen LogP contribution in [0.1, 0.15) is 24.0 Å². The van der Waals surface area contributed by atoms with Gasteiger partial charge in [0.25, 0.3) is 0 Å². The van der Waals surface area contributed by atoms with Crippen LogP contribution in [0.3, 0.4) is 0 Å². The summed E-state index contributed by atoms with van der Waals surface area (Å²) in [6.45, 7) is 0. The topological polar surface area (TPSA) is 26.0 Å². The standard InChI is InChI=1S/C17H20BrN/c18-16-11-9-15(10-12-16)13-17(19)8-4-7-14-5-2-1-3-6-14/h1-3,5-6,9-12,17H,4,7-8,13,19H2. The van der Waals surface area contributed by atoms with E-state index < -0.39 is 0 Å². The number of nitrogens with two attached hydrogens (primary N) is 1. The molecule has 2 N–H and O–H groups in total. The van der Waals surface area contributed by atoms with Gasteiger partial charge in [-0.05, 0) is 48.9 Å². The molecule has 0 saturated carbocycles. The van der Waals surface area contributed by atoms with Gasteiger partial charge in [0, 0.05) is 10.5 Å². The van der Waals surface area contributed by atoms with E-state index in [4.69, 9.17) is 5.73 Å². The Morgan fingerprint density at radius 1 is 0.895 bits per heavy atom. The minimum Gasteiger partial charge on any atom is -0.327 e. The zero-order valence-electron chi connectivity index (χ0n) is 11.1. The average Bonchev–Trinajstić information content (AvgIpc) is 2.43. The van der Waals surface area contributed by atoms with Crippen molar-refractivity contribution in [3.8, 4) is 0 Å². The highest BCUT2D eigenvalue weighted by Crippen LogP contribution is 2.13. The number of hydrogen-bond acceptors (Lipinski definition) is 1. The Balaban J connectivity index is 1.73. The van der Waals surface area contributed by atoms with Gasteiger partial charge in [-0.2, -0.15) is 0 Å². The van der Waals surface area contributed by atoms with E-state index in [0.717, 1.165) is 30.2 Å². The molecule has 2 aromatic rings. The highest BCUT2D eigenvalue weighted by molar-refractivity contribution is 9.10. The molecule has 2 aromatic carbocycles. The summed E-state index contributed by atoms with van der Waals surface area (Å²) in [5, 5.41) is 0. The molecule has 0 heterocycles. The minimum absolute atomic E-state index is 0.255. The molecule has 0 aliphatic carbocycles. The zero-order chi connectivity index (χ0) is 13.5. The van der Waals surface area contributed by atoms with Gasteiger partial charge in [0.1, 0.15) is 0 Å². The number of benzene rings is 2. The van der Waals surface area contributed by atoms with Crippen molar-refractivity contribution < 1.29 is 0 Å². The van der Waals surface area contributed by atoms with Crippen molar-refractivity contribution in [1.29, 1.82) is 0 Å². The number of aryl methyl sites for hydroxylation is 1. The van der Waals surface area contributed by atoms with E-state index in [9.17, 15) is 0 Å². The molecule has 0 spiro atoms. The van der Waals surface area contributed by atoms with E-state index >= 15 is 0 Å². The lowest BCUT2D eigenvalue weighted by Crippen LogP contribution is -2.22. The monoisotopic (exact) mass is 317 g/mol. The summed E-state index contributed by atoms with van der Waals surface area (Å²) in [6.07, 6.45) is 4.31. The molecule has 0 aromatic heterocycles. The number of hydrogen-bond donors (Lipinski definition) is 1. The van der Waals surface area contributed by atoms with Gasteiger partial charge in [-0.15, -0.1) is 0 Å². The van der Waals surface area contributed by atoms with Gasteiger partial charge in [0.05, 0.1) is 0 Å². The fourth-order valence-corrected chi connectivity index (χ4v) is 2.50. The van der Waals surface area contributed by atoms with E-state index in [1.54, 1.807) is 0 Å². The lowest BCUT2D eigenvalue weighted by atomic mass is 10.00. The fraction of sp³-hybridized carbons (Fsp3) is 0.294. The Morgan fingerprint density at radius 2 is 1.58 bits per heavy atom. The quantitative estimate of drug-likeness (QED) is 0.842. The van der Waals surface area contributed by atoms with Gasteiger partial charge in [0.15, 0.2) is 0 Å². The Morgan fingerprint density at radius 3 is 2.26 bits per heavy atom. The van der Waals surface area contributed by atoms with E-state index in [1.807, 2.05) is 0 Å². The van der Waals surface area contributed by atoms with E-state index in [1.165, 1.54) is 11.1 Å². The molecule has 1 nitrogen and oxygen atoms in total. The molecule has 0 saturated heterocycles.